The Bertz CT molecular complexity index is 869. The Hall–Kier alpha value is -3.02. The first-order valence-electron chi connectivity index (χ1n) is 9.60. The SMILES string of the molecule is COc1ccc(CCNC(=O)CN(C(C)=O)c2c(C)cc(C)cc2C)cc1OC. The highest BCUT2D eigenvalue weighted by atomic mass is 16.5. The fraction of sp³-hybridized carbons (Fsp3) is 0.391. The summed E-state index contributed by atoms with van der Waals surface area (Å²) in [5.41, 5.74) is 4.92. The number of amides is 2. The lowest BCUT2D eigenvalue weighted by molar-refractivity contribution is -0.123. The van der Waals surface area contributed by atoms with Crippen LogP contribution >= 0.6 is 0 Å². The van der Waals surface area contributed by atoms with Gasteiger partial charge in [-0.1, -0.05) is 23.8 Å². The van der Waals surface area contributed by atoms with Crippen LogP contribution in [0.15, 0.2) is 30.3 Å². The molecule has 29 heavy (non-hydrogen) atoms. The topological polar surface area (TPSA) is 67.9 Å². The van der Waals surface area contributed by atoms with Crippen LogP contribution in [0.4, 0.5) is 5.69 Å². The number of carbonyl (C=O) groups is 2. The van der Waals surface area contributed by atoms with Crippen molar-refractivity contribution in [3.8, 4) is 11.5 Å². The highest BCUT2D eigenvalue weighted by Gasteiger charge is 2.19. The van der Waals surface area contributed by atoms with Crippen LogP contribution in [0.1, 0.15) is 29.2 Å². The second-order valence-corrected chi connectivity index (χ2v) is 7.14. The van der Waals surface area contributed by atoms with Crippen LogP contribution in [0.3, 0.4) is 0 Å². The van der Waals surface area contributed by atoms with E-state index in [9.17, 15) is 9.59 Å². The molecule has 0 unspecified atom stereocenters. The van der Waals surface area contributed by atoms with E-state index in [0.717, 1.165) is 27.9 Å². The summed E-state index contributed by atoms with van der Waals surface area (Å²) in [5.74, 6) is 0.973. The molecular formula is C23H30N2O4. The van der Waals surface area contributed by atoms with E-state index in [0.29, 0.717) is 24.5 Å². The second-order valence-electron chi connectivity index (χ2n) is 7.14. The van der Waals surface area contributed by atoms with Crippen LogP contribution < -0.4 is 19.7 Å². The van der Waals surface area contributed by atoms with Crippen molar-refractivity contribution >= 4 is 17.5 Å². The fourth-order valence-corrected chi connectivity index (χ4v) is 3.53. The Kier molecular flexibility index (Phi) is 7.65. The average molecular weight is 399 g/mol. The van der Waals surface area contributed by atoms with Crippen LogP contribution in [0.5, 0.6) is 11.5 Å². The number of hydrogen-bond acceptors (Lipinski definition) is 4. The standard InChI is InChI=1S/C23H30N2O4/c1-15-11-16(2)23(17(3)12-15)25(18(4)26)14-22(27)24-10-9-19-7-8-20(28-5)21(13-19)29-6/h7-8,11-13H,9-10,14H2,1-6H3,(H,24,27). The number of rotatable bonds is 8. The number of benzene rings is 2. The lowest BCUT2D eigenvalue weighted by Crippen LogP contribution is -2.41. The molecule has 0 aliphatic carbocycles. The third-order valence-electron chi connectivity index (χ3n) is 4.77. The molecule has 2 aromatic rings. The van der Waals surface area contributed by atoms with Gasteiger partial charge in [-0.25, -0.2) is 0 Å². The van der Waals surface area contributed by atoms with Crippen molar-refractivity contribution in [2.45, 2.75) is 34.1 Å². The van der Waals surface area contributed by atoms with Gasteiger partial charge in [0.25, 0.3) is 0 Å². The first kappa shape index (κ1) is 22.3. The molecule has 0 bridgehead atoms. The van der Waals surface area contributed by atoms with Gasteiger partial charge in [0.15, 0.2) is 11.5 Å². The lowest BCUT2D eigenvalue weighted by atomic mass is 10.0. The molecule has 0 aliphatic rings. The summed E-state index contributed by atoms with van der Waals surface area (Å²) < 4.78 is 10.5. The first-order chi connectivity index (χ1) is 13.8. The van der Waals surface area contributed by atoms with Crippen molar-refractivity contribution in [3.05, 3.63) is 52.6 Å². The molecule has 0 saturated carbocycles. The molecule has 6 heteroatoms. The van der Waals surface area contributed by atoms with Crippen molar-refractivity contribution in [1.82, 2.24) is 5.32 Å². The van der Waals surface area contributed by atoms with E-state index >= 15 is 0 Å². The number of ether oxygens (including phenoxy) is 2. The highest BCUT2D eigenvalue weighted by Crippen LogP contribution is 2.28. The molecular weight excluding hydrogens is 368 g/mol. The Labute approximate surface area is 172 Å². The minimum atomic E-state index is -0.194. The van der Waals surface area contributed by atoms with Crippen molar-refractivity contribution in [2.24, 2.45) is 0 Å². The number of hydrogen-bond donors (Lipinski definition) is 1. The van der Waals surface area contributed by atoms with E-state index in [1.807, 2.05) is 51.1 Å². The van der Waals surface area contributed by atoms with Crippen LogP contribution in [0, 0.1) is 20.8 Å². The fourth-order valence-electron chi connectivity index (χ4n) is 3.53. The average Bonchev–Trinajstić information content (AvgIpc) is 2.66. The molecule has 2 aromatic carbocycles. The molecule has 0 aliphatic heterocycles. The number of anilines is 1. The Morgan fingerprint density at radius 1 is 0.966 bits per heavy atom. The molecule has 2 amide bonds. The summed E-state index contributed by atoms with van der Waals surface area (Å²) in [5, 5.41) is 2.90. The lowest BCUT2D eigenvalue weighted by Gasteiger charge is -2.25. The Morgan fingerprint density at radius 2 is 1.59 bits per heavy atom. The predicted octanol–water partition coefficient (Wildman–Crippen LogP) is 3.34. The van der Waals surface area contributed by atoms with Gasteiger partial charge in [0, 0.05) is 13.5 Å². The normalized spacial score (nSPS) is 10.4. The number of nitrogens with one attached hydrogen (secondary N) is 1. The zero-order valence-electron chi connectivity index (χ0n) is 18.1. The van der Waals surface area contributed by atoms with Gasteiger partial charge in [0.2, 0.25) is 11.8 Å². The maximum absolute atomic E-state index is 12.5. The van der Waals surface area contributed by atoms with Gasteiger partial charge in [0.05, 0.1) is 19.9 Å². The van der Waals surface area contributed by atoms with Crippen molar-refractivity contribution in [3.63, 3.8) is 0 Å². The number of nitrogens with zero attached hydrogens (tertiary/aromatic N) is 1. The van der Waals surface area contributed by atoms with E-state index in [-0.39, 0.29) is 18.4 Å². The van der Waals surface area contributed by atoms with E-state index in [2.05, 4.69) is 5.32 Å². The quantitative estimate of drug-likeness (QED) is 0.741. The van der Waals surface area contributed by atoms with Crippen LogP contribution in [0.25, 0.3) is 0 Å². The minimum Gasteiger partial charge on any atom is -0.493 e. The Morgan fingerprint density at radius 3 is 2.14 bits per heavy atom. The van der Waals surface area contributed by atoms with Crippen molar-refractivity contribution < 1.29 is 19.1 Å². The zero-order valence-corrected chi connectivity index (χ0v) is 18.1. The maximum atomic E-state index is 12.5. The molecule has 0 saturated heterocycles. The molecule has 6 nitrogen and oxygen atoms in total. The summed E-state index contributed by atoms with van der Waals surface area (Å²) in [7, 11) is 3.19. The van der Waals surface area contributed by atoms with E-state index in [1.165, 1.54) is 11.8 Å². The molecule has 1 N–H and O–H groups in total. The summed E-state index contributed by atoms with van der Waals surface area (Å²) >= 11 is 0. The van der Waals surface area contributed by atoms with Gasteiger partial charge in [-0.15, -0.1) is 0 Å². The largest absolute Gasteiger partial charge is 0.493 e. The van der Waals surface area contributed by atoms with E-state index in [4.69, 9.17) is 9.47 Å². The molecule has 0 heterocycles. The maximum Gasteiger partial charge on any atom is 0.240 e. The molecule has 0 atom stereocenters. The first-order valence-corrected chi connectivity index (χ1v) is 9.60. The van der Waals surface area contributed by atoms with Gasteiger partial charge in [0.1, 0.15) is 6.54 Å². The van der Waals surface area contributed by atoms with Crippen LogP contribution in [-0.2, 0) is 16.0 Å². The molecule has 0 aromatic heterocycles. The Balaban J connectivity index is 2.01. The molecule has 0 fully saturated rings. The number of carbonyl (C=O) groups excluding carboxylic acids is 2. The number of methoxy groups -OCH3 is 2. The molecule has 2 rings (SSSR count). The van der Waals surface area contributed by atoms with Crippen LogP contribution in [0.2, 0.25) is 0 Å². The minimum absolute atomic E-state index is 0.00793. The van der Waals surface area contributed by atoms with Crippen LogP contribution in [-0.4, -0.2) is 39.1 Å². The molecule has 0 spiro atoms. The van der Waals surface area contributed by atoms with E-state index < -0.39 is 0 Å². The van der Waals surface area contributed by atoms with Gasteiger partial charge in [-0.2, -0.15) is 0 Å². The smallest absolute Gasteiger partial charge is 0.240 e. The van der Waals surface area contributed by atoms with Gasteiger partial charge in [-0.05, 0) is 56.0 Å². The zero-order chi connectivity index (χ0) is 21.6. The summed E-state index contributed by atoms with van der Waals surface area (Å²) in [4.78, 5) is 26.2. The van der Waals surface area contributed by atoms with Gasteiger partial charge < -0.3 is 19.7 Å². The molecule has 156 valence electrons. The van der Waals surface area contributed by atoms with Gasteiger partial charge >= 0.3 is 0 Å². The van der Waals surface area contributed by atoms with Crippen molar-refractivity contribution in [1.29, 1.82) is 0 Å². The monoisotopic (exact) mass is 398 g/mol. The third kappa shape index (κ3) is 5.73. The van der Waals surface area contributed by atoms with Crippen molar-refractivity contribution in [2.75, 3.05) is 32.2 Å². The number of aryl methyl sites for hydroxylation is 3. The summed E-state index contributed by atoms with van der Waals surface area (Å²) in [6.07, 6.45) is 0.648. The van der Waals surface area contributed by atoms with E-state index in [1.54, 1.807) is 14.2 Å². The second kappa shape index (κ2) is 9.96. The predicted molar refractivity (Wildman–Crippen MR) is 115 cm³/mol. The highest BCUT2D eigenvalue weighted by molar-refractivity contribution is 5.98. The third-order valence-corrected chi connectivity index (χ3v) is 4.77. The molecule has 0 radical (unpaired) electrons. The summed E-state index contributed by atoms with van der Waals surface area (Å²) in [6.45, 7) is 7.87. The van der Waals surface area contributed by atoms with Gasteiger partial charge in [-0.3, -0.25) is 9.59 Å². The summed E-state index contributed by atoms with van der Waals surface area (Å²) in [6, 6.07) is 9.72.